The molecule has 0 radical (unpaired) electrons. The van der Waals surface area contributed by atoms with E-state index in [0.717, 1.165) is 18.5 Å². The standard InChI is InChI=1S/C10H16N2OS/c1-2-3-4-5-6-8-7-9(13)12-10(14)11-8/h7H,2-6H2,1H3,(H2,11,12,13,14). The molecule has 1 aromatic rings. The molecule has 0 saturated heterocycles. The smallest absolute Gasteiger partial charge is 0.251 e. The fourth-order valence-corrected chi connectivity index (χ4v) is 1.63. The maximum absolute atomic E-state index is 11.1. The van der Waals surface area contributed by atoms with Crippen LogP contribution in [0, 0.1) is 4.77 Å². The molecule has 1 aromatic heterocycles. The van der Waals surface area contributed by atoms with Crippen molar-refractivity contribution >= 4 is 12.2 Å². The van der Waals surface area contributed by atoms with Gasteiger partial charge in [-0.25, -0.2) is 0 Å². The second kappa shape index (κ2) is 5.75. The number of aromatic amines is 2. The molecular weight excluding hydrogens is 196 g/mol. The molecule has 0 amide bonds. The van der Waals surface area contributed by atoms with E-state index in [1.165, 1.54) is 19.3 Å². The zero-order valence-corrected chi connectivity index (χ0v) is 9.25. The topological polar surface area (TPSA) is 48.6 Å². The van der Waals surface area contributed by atoms with Crippen molar-refractivity contribution in [3.63, 3.8) is 0 Å². The second-order valence-corrected chi connectivity index (χ2v) is 3.83. The molecule has 14 heavy (non-hydrogen) atoms. The van der Waals surface area contributed by atoms with E-state index in [0.29, 0.717) is 4.77 Å². The fourth-order valence-electron chi connectivity index (χ4n) is 1.40. The van der Waals surface area contributed by atoms with Crippen LogP contribution in [-0.4, -0.2) is 9.97 Å². The van der Waals surface area contributed by atoms with Crippen LogP contribution < -0.4 is 5.56 Å². The van der Waals surface area contributed by atoms with Crippen molar-refractivity contribution in [1.82, 2.24) is 9.97 Å². The summed E-state index contributed by atoms with van der Waals surface area (Å²) in [6.07, 6.45) is 5.72. The molecule has 78 valence electrons. The molecule has 3 nitrogen and oxygen atoms in total. The molecule has 0 aromatic carbocycles. The van der Waals surface area contributed by atoms with Gasteiger partial charge in [0, 0.05) is 11.8 Å². The highest BCUT2D eigenvalue weighted by Gasteiger charge is 1.95. The van der Waals surface area contributed by atoms with Gasteiger partial charge >= 0.3 is 0 Å². The monoisotopic (exact) mass is 212 g/mol. The van der Waals surface area contributed by atoms with Crippen LogP contribution in [-0.2, 0) is 6.42 Å². The first-order chi connectivity index (χ1) is 6.72. The average Bonchev–Trinajstić information content (AvgIpc) is 2.11. The number of H-pyrrole nitrogens is 2. The lowest BCUT2D eigenvalue weighted by atomic mass is 10.1. The molecule has 0 aliphatic carbocycles. The van der Waals surface area contributed by atoms with Gasteiger partial charge in [-0.1, -0.05) is 26.2 Å². The van der Waals surface area contributed by atoms with Gasteiger partial charge in [0.2, 0.25) is 0 Å². The molecule has 0 aliphatic heterocycles. The first-order valence-corrected chi connectivity index (χ1v) is 5.45. The minimum atomic E-state index is -0.112. The highest BCUT2D eigenvalue weighted by Crippen LogP contribution is 2.03. The zero-order chi connectivity index (χ0) is 10.4. The number of unbranched alkanes of at least 4 members (excludes halogenated alkanes) is 3. The first-order valence-electron chi connectivity index (χ1n) is 5.05. The molecule has 1 heterocycles. The summed E-state index contributed by atoms with van der Waals surface area (Å²) in [7, 11) is 0. The predicted molar refractivity (Wildman–Crippen MR) is 60.1 cm³/mol. The third-order valence-electron chi connectivity index (χ3n) is 2.12. The number of rotatable bonds is 5. The van der Waals surface area contributed by atoms with Crippen LogP contribution in [0.3, 0.4) is 0 Å². The van der Waals surface area contributed by atoms with Crippen LogP contribution in [0.1, 0.15) is 38.3 Å². The average molecular weight is 212 g/mol. The number of hydrogen-bond donors (Lipinski definition) is 2. The second-order valence-electron chi connectivity index (χ2n) is 3.42. The number of aromatic nitrogens is 2. The molecule has 0 spiro atoms. The zero-order valence-electron chi connectivity index (χ0n) is 8.43. The van der Waals surface area contributed by atoms with Crippen LogP contribution in [0.5, 0.6) is 0 Å². The van der Waals surface area contributed by atoms with Gasteiger partial charge in [0.1, 0.15) is 0 Å². The van der Waals surface area contributed by atoms with Gasteiger partial charge in [-0.15, -0.1) is 0 Å². The fraction of sp³-hybridized carbons (Fsp3) is 0.600. The van der Waals surface area contributed by atoms with E-state index in [4.69, 9.17) is 12.2 Å². The Balaban J connectivity index is 2.51. The molecule has 2 N–H and O–H groups in total. The summed E-state index contributed by atoms with van der Waals surface area (Å²) < 4.78 is 0.419. The summed E-state index contributed by atoms with van der Waals surface area (Å²) >= 11 is 4.88. The molecule has 0 saturated carbocycles. The summed E-state index contributed by atoms with van der Waals surface area (Å²) in [4.78, 5) is 16.6. The Kier molecular flexibility index (Phi) is 4.59. The largest absolute Gasteiger partial charge is 0.336 e. The van der Waals surface area contributed by atoms with Gasteiger partial charge in [-0.3, -0.25) is 9.78 Å². The van der Waals surface area contributed by atoms with Gasteiger partial charge in [-0.2, -0.15) is 0 Å². The Morgan fingerprint density at radius 2 is 2.07 bits per heavy atom. The van der Waals surface area contributed by atoms with Gasteiger partial charge in [0.25, 0.3) is 5.56 Å². The predicted octanol–water partition coefficient (Wildman–Crippen LogP) is 2.56. The number of nitrogens with one attached hydrogen (secondary N) is 2. The van der Waals surface area contributed by atoms with Gasteiger partial charge < -0.3 is 4.98 Å². The lowest BCUT2D eigenvalue weighted by Gasteiger charge is -2.00. The lowest BCUT2D eigenvalue weighted by Crippen LogP contribution is -2.08. The van der Waals surface area contributed by atoms with Gasteiger partial charge in [-0.05, 0) is 25.1 Å². The van der Waals surface area contributed by atoms with Crippen molar-refractivity contribution in [3.8, 4) is 0 Å². The molecule has 1 rings (SSSR count). The van der Waals surface area contributed by atoms with Crippen LogP contribution in [0.15, 0.2) is 10.9 Å². The van der Waals surface area contributed by atoms with E-state index in [9.17, 15) is 4.79 Å². The van der Waals surface area contributed by atoms with E-state index in [-0.39, 0.29) is 5.56 Å². The van der Waals surface area contributed by atoms with E-state index in [1.54, 1.807) is 6.07 Å². The van der Waals surface area contributed by atoms with E-state index >= 15 is 0 Å². The molecule has 0 bridgehead atoms. The summed E-state index contributed by atoms with van der Waals surface area (Å²) in [5.74, 6) is 0. The van der Waals surface area contributed by atoms with Crippen molar-refractivity contribution in [2.75, 3.05) is 0 Å². The third kappa shape index (κ3) is 3.87. The van der Waals surface area contributed by atoms with Gasteiger partial charge in [0.05, 0.1) is 0 Å². The van der Waals surface area contributed by atoms with Gasteiger partial charge in [0.15, 0.2) is 4.77 Å². The first kappa shape index (κ1) is 11.2. The Morgan fingerprint density at radius 3 is 2.71 bits per heavy atom. The molecule has 0 fully saturated rings. The van der Waals surface area contributed by atoms with Crippen LogP contribution in [0.2, 0.25) is 0 Å². The Hall–Kier alpha value is -0.900. The third-order valence-corrected chi connectivity index (χ3v) is 2.32. The number of hydrogen-bond acceptors (Lipinski definition) is 2. The Labute approximate surface area is 88.6 Å². The van der Waals surface area contributed by atoms with E-state index in [2.05, 4.69) is 16.9 Å². The SMILES string of the molecule is CCCCCCc1cc(=O)[nH]c(=S)[nH]1. The van der Waals surface area contributed by atoms with Crippen molar-refractivity contribution in [2.24, 2.45) is 0 Å². The van der Waals surface area contributed by atoms with Crippen molar-refractivity contribution in [1.29, 1.82) is 0 Å². The van der Waals surface area contributed by atoms with Crippen LogP contribution in [0.4, 0.5) is 0 Å². The van der Waals surface area contributed by atoms with Crippen molar-refractivity contribution in [2.45, 2.75) is 39.0 Å². The molecule has 0 unspecified atom stereocenters. The Morgan fingerprint density at radius 1 is 1.29 bits per heavy atom. The quantitative estimate of drug-likeness (QED) is 0.582. The minimum absolute atomic E-state index is 0.112. The van der Waals surface area contributed by atoms with Crippen LogP contribution in [0.25, 0.3) is 0 Å². The molecule has 4 heteroatoms. The van der Waals surface area contributed by atoms with Crippen LogP contribution >= 0.6 is 12.2 Å². The summed E-state index contributed by atoms with van der Waals surface area (Å²) in [5, 5.41) is 0. The summed E-state index contributed by atoms with van der Waals surface area (Å²) in [6, 6.07) is 1.59. The highest BCUT2D eigenvalue weighted by molar-refractivity contribution is 7.71. The molecular formula is C10H16N2OS. The summed E-state index contributed by atoms with van der Waals surface area (Å²) in [6.45, 7) is 2.18. The van der Waals surface area contributed by atoms with E-state index < -0.39 is 0 Å². The van der Waals surface area contributed by atoms with Crippen molar-refractivity contribution < 1.29 is 0 Å². The molecule has 0 aliphatic rings. The number of aryl methyl sites for hydroxylation is 1. The van der Waals surface area contributed by atoms with Crippen molar-refractivity contribution in [3.05, 3.63) is 26.9 Å². The lowest BCUT2D eigenvalue weighted by molar-refractivity contribution is 0.659. The normalized spacial score (nSPS) is 10.4. The Bertz CT molecular complexity index is 352. The minimum Gasteiger partial charge on any atom is -0.336 e. The summed E-state index contributed by atoms with van der Waals surface area (Å²) in [5.41, 5.74) is 0.828. The van der Waals surface area contributed by atoms with E-state index in [1.807, 2.05) is 0 Å². The highest BCUT2D eigenvalue weighted by atomic mass is 32.1. The maximum atomic E-state index is 11.1. The molecule has 0 atom stereocenters. The maximum Gasteiger partial charge on any atom is 0.251 e.